The number of ketones is 1. The Morgan fingerprint density at radius 3 is 2.89 bits per heavy atom. The maximum atomic E-state index is 11.5. The Bertz CT molecular complexity index is 595. The van der Waals surface area contributed by atoms with Gasteiger partial charge in [0.1, 0.15) is 5.75 Å². The number of nitrogens with zero attached hydrogens (tertiary/aromatic N) is 2. The highest BCUT2D eigenvalue weighted by Crippen LogP contribution is 2.24. The molecule has 0 atom stereocenters. The number of aryl methyl sites for hydroxylation is 1. The Labute approximate surface area is 119 Å². The molecule has 19 heavy (non-hydrogen) atoms. The van der Waals surface area contributed by atoms with Gasteiger partial charge >= 0.3 is 0 Å². The number of Topliss-reactive ketones (excluding diaryl/α,β-unsaturated/α-hetero) is 1. The van der Waals surface area contributed by atoms with E-state index in [1.807, 2.05) is 13.0 Å². The molecule has 100 valence electrons. The van der Waals surface area contributed by atoms with Crippen molar-refractivity contribution in [1.82, 2.24) is 10.1 Å². The van der Waals surface area contributed by atoms with Crippen molar-refractivity contribution >= 4 is 21.7 Å². The maximum Gasteiger partial charge on any atom is 0.264 e. The summed E-state index contributed by atoms with van der Waals surface area (Å²) < 4.78 is 11.4. The Kier molecular flexibility index (Phi) is 4.31. The van der Waals surface area contributed by atoms with Crippen LogP contribution in [0.4, 0.5) is 0 Å². The van der Waals surface area contributed by atoms with Crippen molar-refractivity contribution in [3.8, 4) is 5.75 Å². The number of aromatic nitrogens is 2. The van der Waals surface area contributed by atoms with Crippen molar-refractivity contribution in [3.05, 3.63) is 40.0 Å². The lowest BCUT2D eigenvalue weighted by Crippen LogP contribution is -2.02. The molecule has 0 bridgehead atoms. The van der Waals surface area contributed by atoms with Crippen molar-refractivity contribution in [3.63, 3.8) is 0 Å². The van der Waals surface area contributed by atoms with Gasteiger partial charge in [-0.25, -0.2) is 0 Å². The minimum atomic E-state index is -0.0592. The van der Waals surface area contributed by atoms with Crippen LogP contribution in [0.1, 0.15) is 35.9 Å². The molecule has 0 aliphatic carbocycles. The lowest BCUT2D eigenvalue weighted by molar-refractivity contribution is 0.101. The van der Waals surface area contributed by atoms with Crippen LogP contribution in [-0.4, -0.2) is 15.9 Å². The largest absolute Gasteiger partial charge is 0.483 e. The fraction of sp³-hybridized carbons (Fsp3) is 0.308. The number of rotatable bonds is 5. The van der Waals surface area contributed by atoms with Crippen LogP contribution in [0.3, 0.4) is 0 Å². The number of halogens is 1. The minimum absolute atomic E-state index is 0.0592. The standard InChI is InChI=1S/C13H13BrN2O3/c1-3-12-15-13(19-16-12)7-18-11-5-4-9(14)6-10(11)8(2)17/h4-6H,3,7H2,1-2H3. The van der Waals surface area contributed by atoms with Crippen molar-refractivity contribution in [2.45, 2.75) is 26.9 Å². The van der Waals surface area contributed by atoms with E-state index in [-0.39, 0.29) is 12.4 Å². The molecule has 2 aromatic rings. The lowest BCUT2D eigenvalue weighted by atomic mass is 10.1. The van der Waals surface area contributed by atoms with Crippen LogP contribution in [0.5, 0.6) is 5.75 Å². The molecule has 0 saturated carbocycles. The molecular formula is C13H13BrN2O3. The van der Waals surface area contributed by atoms with Gasteiger partial charge in [-0.3, -0.25) is 4.79 Å². The summed E-state index contributed by atoms with van der Waals surface area (Å²) in [7, 11) is 0. The second-order valence-corrected chi connectivity index (χ2v) is 4.86. The number of hydrogen-bond donors (Lipinski definition) is 0. The Morgan fingerprint density at radius 1 is 1.47 bits per heavy atom. The number of hydrogen-bond acceptors (Lipinski definition) is 5. The predicted octanol–water partition coefficient (Wildman–Crippen LogP) is 3.18. The number of ether oxygens (including phenoxy) is 1. The molecule has 1 aromatic carbocycles. The maximum absolute atomic E-state index is 11.5. The van der Waals surface area contributed by atoms with Gasteiger partial charge in [-0.15, -0.1) is 0 Å². The predicted molar refractivity (Wildman–Crippen MR) is 72.2 cm³/mol. The van der Waals surface area contributed by atoms with Gasteiger partial charge in [0.05, 0.1) is 5.56 Å². The van der Waals surface area contributed by atoms with Gasteiger partial charge in [0, 0.05) is 10.9 Å². The van der Waals surface area contributed by atoms with E-state index < -0.39 is 0 Å². The zero-order chi connectivity index (χ0) is 13.8. The first-order valence-corrected chi connectivity index (χ1v) is 6.64. The summed E-state index contributed by atoms with van der Waals surface area (Å²) >= 11 is 3.32. The first-order chi connectivity index (χ1) is 9.10. The molecule has 0 aliphatic heterocycles. The van der Waals surface area contributed by atoms with Crippen molar-refractivity contribution in [2.75, 3.05) is 0 Å². The van der Waals surface area contributed by atoms with E-state index in [1.54, 1.807) is 12.1 Å². The zero-order valence-corrected chi connectivity index (χ0v) is 12.2. The molecule has 1 heterocycles. The molecule has 0 radical (unpaired) electrons. The van der Waals surface area contributed by atoms with Gasteiger partial charge in [-0.05, 0) is 25.1 Å². The van der Waals surface area contributed by atoms with E-state index in [1.165, 1.54) is 6.92 Å². The Balaban J connectivity index is 2.12. The molecule has 0 amide bonds. The second-order valence-electron chi connectivity index (χ2n) is 3.94. The van der Waals surface area contributed by atoms with Gasteiger partial charge in [-0.1, -0.05) is 28.0 Å². The number of carbonyl (C=O) groups is 1. The highest BCUT2D eigenvalue weighted by Gasteiger charge is 2.11. The van der Waals surface area contributed by atoms with Crippen LogP contribution >= 0.6 is 15.9 Å². The van der Waals surface area contributed by atoms with Crippen LogP contribution in [0.25, 0.3) is 0 Å². The summed E-state index contributed by atoms with van der Waals surface area (Å²) in [5.41, 5.74) is 0.518. The molecule has 0 fully saturated rings. The molecule has 1 aromatic heterocycles. The highest BCUT2D eigenvalue weighted by atomic mass is 79.9. The molecule has 0 aliphatic rings. The summed E-state index contributed by atoms with van der Waals surface area (Å²) in [6.45, 7) is 3.59. The van der Waals surface area contributed by atoms with Crippen LogP contribution in [0.15, 0.2) is 27.2 Å². The molecule has 5 nitrogen and oxygen atoms in total. The second kappa shape index (κ2) is 5.97. The zero-order valence-electron chi connectivity index (χ0n) is 10.6. The molecular weight excluding hydrogens is 312 g/mol. The molecule has 0 spiro atoms. The Morgan fingerprint density at radius 2 is 2.26 bits per heavy atom. The topological polar surface area (TPSA) is 65.2 Å². The smallest absolute Gasteiger partial charge is 0.264 e. The van der Waals surface area contributed by atoms with Gasteiger partial charge < -0.3 is 9.26 Å². The average molecular weight is 325 g/mol. The number of carbonyl (C=O) groups excluding carboxylic acids is 1. The minimum Gasteiger partial charge on any atom is -0.483 e. The van der Waals surface area contributed by atoms with Gasteiger partial charge in [0.25, 0.3) is 5.89 Å². The van der Waals surface area contributed by atoms with Crippen molar-refractivity contribution in [1.29, 1.82) is 0 Å². The Hall–Kier alpha value is -1.69. The van der Waals surface area contributed by atoms with E-state index in [0.717, 1.165) is 4.47 Å². The third-order valence-corrected chi connectivity index (χ3v) is 2.99. The third-order valence-electron chi connectivity index (χ3n) is 2.50. The molecule has 2 rings (SSSR count). The van der Waals surface area contributed by atoms with Gasteiger partial charge in [0.15, 0.2) is 18.2 Å². The molecule has 0 saturated heterocycles. The third kappa shape index (κ3) is 3.41. The van der Waals surface area contributed by atoms with Crippen LogP contribution in [0, 0.1) is 0 Å². The highest BCUT2D eigenvalue weighted by molar-refractivity contribution is 9.10. The summed E-state index contributed by atoms with van der Waals surface area (Å²) in [5, 5.41) is 3.78. The summed E-state index contributed by atoms with van der Waals surface area (Å²) in [6.07, 6.45) is 0.709. The van der Waals surface area contributed by atoms with E-state index >= 15 is 0 Å². The summed E-state index contributed by atoms with van der Waals surface area (Å²) in [4.78, 5) is 15.7. The fourth-order valence-corrected chi connectivity index (χ4v) is 1.90. The molecule has 0 unspecified atom stereocenters. The van der Waals surface area contributed by atoms with Gasteiger partial charge in [-0.2, -0.15) is 4.98 Å². The van der Waals surface area contributed by atoms with E-state index in [0.29, 0.717) is 29.4 Å². The number of benzene rings is 1. The van der Waals surface area contributed by atoms with Crippen molar-refractivity contribution < 1.29 is 14.1 Å². The van der Waals surface area contributed by atoms with Crippen molar-refractivity contribution in [2.24, 2.45) is 0 Å². The normalized spacial score (nSPS) is 10.5. The molecule has 6 heteroatoms. The van der Waals surface area contributed by atoms with Crippen LogP contribution < -0.4 is 4.74 Å². The summed E-state index contributed by atoms with van der Waals surface area (Å²) in [6, 6.07) is 5.27. The fourth-order valence-electron chi connectivity index (χ4n) is 1.54. The van der Waals surface area contributed by atoms with Crippen LogP contribution in [0.2, 0.25) is 0 Å². The first kappa shape index (κ1) is 13.7. The van der Waals surface area contributed by atoms with E-state index in [9.17, 15) is 4.79 Å². The lowest BCUT2D eigenvalue weighted by Gasteiger charge is -2.08. The average Bonchev–Trinajstić information content (AvgIpc) is 2.85. The SMILES string of the molecule is CCc1noc(COc2ccc(Br)cc2C(C)=O)n1. The van der Waals surface area contributed by atoms with Gasteiger partial charge in [0.2, 0.25) is 0 Å². The summed E-state index contributed by atoms with van der Waals surface area (Å²) in [5.74, 6) is 1.48. The van der Waals surface area contributed by atoms with Crippen LogP contribution in [-0.2, 0) is 13.0 Å². The molecule has 0 N–H and O–H groups in total. The van der Waals surface area contributed by atoms with E-state index in [2.05, 4.69) is 26.1 Å². The monoisotopic (exact) mass is 324 g/mol. The van der Waals surface area contributed by atoms with E-state index in [4.69, 9.17) is 9.26 Å². The first-order valence-electron chi connectivity index (χ1n) is 5.85. The quantitative estimate of drug-likeness (QED) is 0.790.